The molecule has 0 amide bonds. The highest BCUT2D eigenvalue weighted by Crippen LogP contribution is 2.34. The van der Waals surface area contributed by atoms with Gasteiger partial charge in [-0.25, -0.2) is 4.79 Å². The molecule has 1 aromatic carbocycles. The molecular weight excluding hydrogens is 199 g/mol. The highest BCUT2D eigenvalue weighted by Gasteiger charge is 2.29. The van der Waals surface area contributed by atoms with Crippen LogP contribution in [0.2, 0.25) is 5.02 Å². The fourth-order valence-corrected chi connectivity index (χ4v) is 1.57. The third-order valence-electron chi connectivity index (χ3n) is 1.69. The molecule has 0 saturated carbocycles. The second-order valence-corrected chi connectivity index (χ2v) is 3.29. The van der Waals surface area contributed by atoms with Crippen molar-refractivity contribution in [3.63, 3.8) is 0 Å². The average Bonchev–Trinajstić information content (AvgIpc) is 2.28. The van der Waals surface area contributed by atoms with Crippen molar-refractivity contribution in [1.29, 1.82) is 0 Å². The van der Waals surface area contributed by atoms with Crippen LogP contribution in [0.1, 0.15) is 21.5 Å². The molecule has 4 heteroatoms. The summed E-state index contributed by atoms with van der Waals surface area (Å²) in [4.78, 5) is 11.1. The lowest BCUT2D eigenvalue weighted by Gasteiger charge is -1.98. The topological polar surface area (TPSA) is 26.3 Å². The molecule has 2 rings (SSSR count). The Hall–Kier alpha value is -0.730. The lowest BCUT2D eigenvalue weighted by molar-refractivity contribution is 0.0513. The lowest BCUT2D eigenvalue weighted by atomic mass is 10.1. The predicted molar refractivity (Wildman–Crippen MR) is 45.5 cm³/mol. The Labute approximate surface area is 79.0 Å². The number of ether oxygens (including phenoxy) is 1. The Bertz CT molecular complexity index is 349. The molecule has 0 aromatic heterocycles. The highest BCUT2D eigenvalue weighted by atomic mass is 35.5. The highest BCUT2D eigenvalue weighted by molar-refractivity contribution is 6.31. The number of hydrogen-bond donors (Lipinski definition) is 0. The van der Waals surface area contributed by atoms with Gasteiger partial charge in [-0.05, 0) is 12.1 Å². The third kappa shape index (κ3) is 1.08. The summed E-state index contributed by atoms with van der Waals surface area (Å²) in [5, 5.41) is 0.511. The summed E-state index contributed by atoms with van der Waals surface area (Å²) < 4.78 is 4.75. The normalized spacial score (nSPS) is 20.5. The molecule has 1 aliphatic heterocycles. The van der Waals surface area contributed by atoms with Crippen LogP contribution in [0.4, 0.5) is 0 Å². The van der Waals surface area contributed by atoms with Gasteiger partial charge in [0.15, 0.2) is 0 Å². The molecule has 0 radical (unpaired) electrons. The van der Waals surface area contributed by atoms with Gasteiger partial charge in [0, 0.05) is 10.6 Å². The number of carbonyl (C=O) groups is 1. The zero-order chi connectivity index (χ0) is 8.72. The van der Waals surface area contributed by atoms with Crippen molar-refractivity contribution in [3.8, 4) is 0 Å². The van der Waals surface area contributed by atoms with Crippen molar-refractivity contribution < 1.29 is 9.53 Å². The Morgan fingerprint density at radius 3 is 2.92 bits per heavy atom. The molecule has 1 aromatic rings. The molecule has 0 spiro atoms. The lowest BCUT2D eigenvalue weighted by Crippen LogP contribution is -1.93. The third-order valence-corrected chi connectivity index (χ3v) is 2.25. The molecule has 1 aliphatic rings. The van der Waals surface area contributed by atoms with Crippen LogP contribution in [0, 0.1) is 0 Å². The first kappa shape index (κ1) is 7.90. The molecule has 62 valence electrons. The standard InChI is InChI=1S/C8H4Cl2O2/c9-4-1-2-5-6(3-4)8(11)12-7(5)10/h1-3,7H. The van der Waals surface area contributed by atoms with Gasteiger partial charge in [-0.2, -0.15) is 0 Å². The Kier molecular flexibility index (Phi) is 1.74. The number of halogens is 2. The van der Waals surface area contributed by atoms with Gasteiger partial charge in [0.1, 0.15) is 0 Å². The summed E-state index contributed by atoms with van der Waals surface area (Å²) in [5.74, 6) is -0.410. The first-order chi connectivity index (χ1) is 5.68. The summed E-state index contributed by atoms with van der Waals surface area (Å²) in [6.07, 6.45) is 0. The number of rotatable bonds is 0. The Morgan fingerprint density at radius 2 is 2.17 bits per heavy atom. The van der Waals surface area contributed by atoms with E-state index in [0.717, 1.165) is 0 Å². The first-order valence-electron chi connectivity index (χ1n) is 3.33. The van der Waals surface area contributed by atoms with E-state index in [2.05, 4.69) is 0 Å². The molecule has 0 saturated heterocycles. The second kappa shape index (κ2) is 2.64. The number of cyclic esters (lactones) is 1. The zero-order valence-corrected chi connectivity index (χ0v) is 7.39. The SMILES string of the molecule is O=C1OC(Cl)c2ccc(Cl)cc21. The van der Waals surface area contributed by atoms with E-state index < -0.39 is 11.5 Å². The van der Waals surface area contributed by atoms with Gasteiger partial charge in [-0.3, -0.25) is 0 Å². The summed E-state index contributed by atoms with van der Waals surface area (Å²) >= 11 is 11.4. The average molecular weight is 203 g/mol. The van der Waals surface area contributed by atoms with Gasteiger partial charge in [0.2, 0.25) is 5.56 Å². The van der Waals surface area contributed by atoms with E-state index in [1.54, 1.807) is 18.2 Å². The Balaban J connectivity index is 2.60. The minimum atomic E-state index is -0.662. The van der Waals surface area contributed by atoms with E-state index in [1.165, 1.54) is 0 Å². The minimum Gasteiger partial charge on any atom is -0.438 e. The number of hydrogen-bond acceptors (Lipinski definition) is 2. The molecule has 1 unspecified atom stereocenters. The second-order valence-electron chi connectivity index (χ2n) is 2.45. The van der Waals surface area contributed by atoms with Crippen LogP contribution in [0.3, 0.4) is 0 Å². The van der Waals surface area contributed by atoms with Crippen molar-refractivity contribution >= 4 is 29.2 Å². The van der Waals surface area contributed by atoms with E-state index in [1.807, 2.05) is 0 Å². The monoisotopic (exact) mass is 202 g/mol. The first-order valence-corrected chi connectivity index (χ1v) is 4.14. The summed E-state index contributed by atoms with van der Waals surface area (Å²) in [6.45, 7) is 0. The molecule has 0 aliphatic carbocycles. The van der Waals surface area contributed by atoms with Crippen molar-refractivity contribution in [3.05, 3.63) is 34.3 Å². The maximum atomic E-state index is 11.1. The number of benzene rings is 1. The molecule has 2 nitrogen and oxygen atoms in total. The van der Waals surface area contributed by atoms with E-state index in [9.17, 15) is 4.79 Å². The molecule has 0 N–H and O–H groups in total. The van der Waals surface area contributed by atoms with E-state index in [-0.39, 0.29) is 0 Å². The van der Waals surface area contributed by atoms with Crippen molar-refractivity contribution in [2.24, 2.45) is 0 Å². The number of carbonyl (C=O) groups excluding carboxylic acids is 1. The molecule has 0 bridgehead atoms. The van der Waals surface area contributed by atoms with Gasteiger partial charge < -0.3 is 4.74 Å². The van der Waals surface area contributed by atoms with E-state index in [4.69, 9.17) is 27.9 Å². The number of fused-ring (bicyclic) bond motifs is 1. The largest absolute Gasteiger partial charge is 0.438 e. The quantitative estimate of drug-likeness (QED) is 0.478. The predicted octanol–water partition coefficient (Wildman–Crippen LogP) is 2.75. The van der Waals surface area contributed by atoms with Crippen molar-refractivity contribution in [2.75, 3.05) is 0 Å². The molecule has 0 fully saturated rings. The molecule has 1 atom stereocenters. The van der Waals surface area contributed by atoms with Crippen LogP contribution in [-0.4, -0.2) is 5.97 Å². The summed E-state index contributed by atoms with van der Waals surface area (Å²) in [5.41, 5.74) is 0.485. The molecular formula is C8H4Cl2O2. The van der Waals surface area contributed by atoms with Crippen LogP contribution in [0.5, 0.6) is 0 Å². The van der Waals surface area contributed by atoms with Crippen molar-refractivity contribution in [2.45, 2.75) is 5.56 Å². The van der Waals surface area contributed by atoms with Crippen LogP contribution in [0.15, 0.2) is 18.2 Å². The zero-order valence-electron chi connectivity index (χ0n) is 5.88. The fraction of sp³-hybridized carbons (Fsp3) is 0.125. The van der Waals surface area contributed by atoms with Gasteiger partial charge >= 0.3 is 5.97 Å². The fourth-order valence-electron chi connectivity index (χ4n) is 1.12. The minimum absolute atomic E-state index is 0.410. The smallest absolute Gasteiger partial charge is 0.340 e. The van der Waals surface area contributed by atoms with Gasteiger partial charge in [-0.1, -0.05) is 29.3 Å². The van der Waals surface area contributed by atoms with E-state index in [0.29, 0.717) is 16.1 Å². The van der Waals surface area contributed by atoms with Gasteiger partial charge in [-0.15, -0.1) is 0 Å². The maximum absolute atomic E-state index is 11.1. The number of esters is 1. The van der Waals surface area contributed by atoms with Gasteiger partial charge in [0.05, 0.1) is 5.56 Å². The summed E-state index contributed by atoms with van der Waals surface area (Å²) in [6, 6.07) is 4.93. The van der Waals surface area contributed by atoms with Gasteiger partial charge in [0.25, 0.3) is 0 Å². The summed E-state index contributed by atoms with van der Waals surface area (Å²) in [7, 11) is 0. The van der Waals surface area contributed by atoms with Crippen LogP contribution < -0.4 is 0 Å². The van der Waals surface area contributed by atoms with Crippen LogP contribution in [-0.2, 0) is 4.74 Å². The van der Waals surface area contributed by atoms with Crippen molar-refractivity contribution in [1.82, 2.24) is 0 Å². The Morgan fingerprint density at radius 1 is 1.42 bits per heavy atom. The molecule has 12 heavy (non-hydrogen) atoms. The molecule has 1 heterocycles. The number of alkyl halides is 1. The van der Waals surface area contributed by atoms with Crippen LogP contribution >= 0.6 is 23.2 Å². The maximum Gasteiger partial charge on any atom is 0.340 e. The van der Waals surface area contributed by atoms with Crippen LogP contribution in [0.25, 0.3) is 0 Å². The van der Waals surface area contributed by atoms with E-state index >= 15 is 0 Å².